The fourth-order valence-corrected chi connectivity index (χ4v) is 3.31. The van der Waals surface area contributed by atoms with Crippen molar-refractivity contribution in [1.29, 1.82) is 0 Å². The Bertz CT molecular complexity index is 749. The Kier molecular flexibility index (Phi) is 15.2. The molecule has 1 atom stereocenters. The lowest BCUT2D eigenvalue weighted by Crippen LogP contribution is -2.52. The summed E-state index contributed by atoms with van der Waals surface area (Å²) in [6.45, 7) is 13.8. The summed E-state index contributed by atoms with van der Waals surface area (Å²) in [4.78, 5) is 72.4. The average molecular weight is 501 g/mol. The van der Waals surface area contributed by atoms with Crippen molar-refractivity contribution >= 4 is 35.5 Å². The van der Waals surface area contributed by atoms with Crippen LogP contribution in [0.2, 0.25) is 0 Å². The second-order valence-electron chi connectivity index (χ2n) is 8.24. The van der Waals surface area contributed by atoms with E-state index in [1.807, 2.05) is 27.7 Å². The molecule has 0 aromatic heterocycles. The maximum Gasteiger partial charge on any atom is 0.326 e. The van der Waals surface area contributed by atoms with Crippen molar-refractivity contribution in [3.63, 3.8) is 0 Å². The molecule has 1 saturated heterocycles. The summed E-state index contributed by atoms with van der Waals surface area (Å²) in [5.41, 5.74) is 0. The second-order valence-corrected chi connectivity index (χ2v) is 8.24. The average Bonchev–Trinajstić information content (AvgIpc) is 2.74. The first-order valence-electron chi connectivity index (χ1n) is 12.0. The van der Waals surface area contributed by atoms with E-state index >= 15 is 0 Å². The van der Waals surface area contributed by atoms with E-state index in [0.29, 0.717) is 13.2 Å². The van der Waals surface area contributed by atoms with Gasteiger partial charge in [-0.1, -0.05) is 0 Å². The molecule has 0 spiro atoms. The molecule has 11 heteroatoms. The number of hydrogen-bond donors (Lipinski definition) is 0. The van der Waals surface area contributed by atoms with E-state index in [9.17, 15) is 28.8 Å². The zero-order valence-electron chi connectivity index (χ0n) is 22.0. The van der Waals surface area contributed by atoms with Crippen LogP contribution in [0.5, 0.6) is 0 Å². The van der Waals surface area contributed by atoms with Gasteiger partial charge in [0, 0.05) is 31.6 Å². The number of rotatable bonds is 11. The van der Waals surface area contributed by atoms with Gasteiger partial charge in [-0.05, 0) is 48.5 Å². The summed E-state index contributed by atoms with van der Waals surface area (Å²) in [5, 5.41) is 0. The van der Waals surface area contributed by atoms with Crippen LogP contribution in [-0.4, -0.2) is 90.3 Å². The number of ether oxygens (including phenoxy) is 3. The molecule has 0 N–H and O–H groups in total. The van der Waals surface area contributed by atoms with Gasteiger partial charge in [-0.3, -0.25) is 28.8 Å². The van der Waals surface area contributed by atoms with Crippen LogP contribution in [0.1, 0.15) is 67.7 Å². The van der Waals surface area contributed by atoms with Crippen molar-refractivity contribution in [2.45, 2.75) is 79.8 Å². The van der Waals surface area contributed by atoms with E-state index in [-0.39, 0.29) is 68.8 Å². The third kappa shape index (κ3) is 11.3. The van der Waals surface area contributed by atoms with Gasteiger partial charge >= 0.3 is 17.9 Å². The Labute approximate surface area is 207 Å². The van der Waals surface area contributed by atoms with E-state index in [4.69, 9.17) is 14.2 Å². The summed E-state index contributed by atoms with van der Waals surface area (Å²) in [6, 6.07) is -0.0890. The maximum atomic E-state index is 11.9. The topological polar surface area (TPSA) is 137 Å². The molecule has 0 aromatic rings. The first-order valence-corrected chi connectivity index (χ1v) is 12.0. The number of esters is 3. The van der Waals surface area contributed by atoms with Gasteiger partial charge in [0.05, 0.1) is 26.2 Å². The Morgan fingerprint density at radius 1 is 0.914 bits per heavy atom. The molecule has 1 aliphatic heterocycles. The van der Waals surface area contributed by atoms with E-state index < -0.39 is 23.8 Å². The molecule has 35 heavy (non-hydrogen) atoms. The Morgan fingerprint density at radius 3 is 1.94 bits per heavy atom. The molecule has 1 fully saturated rings. The molecule has 0 aliphatic carbocycles. The van der Waals surface area contributed by atoms with Crippen molar-refractivity contribution in [3.05, 3.63) is 0 Å². The van der Waals surface area contributed by atoms with Gasteiger partial charge in [0.15, 0.2) is 11.7 Å². The Hall–Kier alpha value is -2.98. The third-order valence-electron chi connectivity index (χ3n) is 5.00. The first kappa shape index (κ1) is 32.0. The molecule has 0 aromatic carbocycles. The third-order valence-corrected chi connectivity index (χ3v) is 5.00. The number of nitrogens with zero attached hydrogens (tertiary/aromatic N) is 2. The van der Waals surface area contributed by atoms with Crippen LogP contribution < -0.4 is 0 Å². The van der Waals surface area contributed by atoms with Crippen LogP contribution in [0.15, 0.2) is 0 Å². The quantitative estimate of drug-likeness (QED) is 0.235. The van der Waals surface area contributed by atoms with Crippen molar-refractivity contribution in [2.75, 3.05) is 32.9 Å². The second kappa shape index (κ2) is 16.6. The predicted octanol–water partition coefficient (Wildman–Crippen LogP) is 1.51. The zero-order chi connectivity index (χ0) is 27.1. The van der Waals surface area contributed by atoms with Crippen molar-refractivity contribution in [3.8, 4) is 0 Å². The zero-order valence-corrected chi connectivity index (χ0v) is 22.0. The molecule has 0 saturated carbocycles. The van der Waals surface area contributed by atoms with Gasteiger partial charge < -0.3 is 24.0 Å². The van der Waals surface area contributed by atoms with Gasteiger partial charge in [-0.15, -0.1) is 0 Å². The number of carbonyl (C=O) groups is 6. The van der Waals surface area contributed by atoms with E-state index in [2.05, 4.69) is 0 Å². The molecule has 2 amide bonds. The van der Waals surface area contributed by atoms with E-state index in [1.54, 1.807) is 25.7 Å². The minimum absolute atomic E-state index is 0.00229. The predicted molar refractivity (Wildman–Crippen MR) is 126 cm³/mol. The number of carbonyl (C=O) groups excluding carboxylic acids is 6. The number of ketones is 1. The normalized spacial score (nSPS) is 15.3. The molecule has 200 valence electrons. The highest BCUT2D eigenvalue weighted by Gasteiger charge is 2.42. The van der Waals surface area contributed by atoms with Gasteiger partial charge in [-0.2, -0.15) is 0 Å². The molecular weight excluding hydrogens is 460 g/mol. The monoisotopic (exact) mass is 500 g/mol. The number of Topliss-reactive ketones (excluding diaryl/α,β-unsaturated/α-hetero) is 1. The standard InChI is InChI=1S/C13H23NO5.C11H17NO4/c1-5-18-12(16)7-8-14(10(3)4)11(15)9-13(17)19-6-2;1-4-16-11(15)9-8(13)5-6-12(7(2)3)10(9)14/h10H,5-9H2,1-4H3;7,9H,4-6H2,1-3H3. The van der Waals surface area contributed by atoms with Crippen molar-refractivity contribution in [1.82, 2.24) is 9.80 Å². The van der Waals surface area contributed by atoms with Gasteiger partial charge in [0.25, 0.3) is 0 Å². The highest BCUT2D eigenvalue weighted by molar-refractivity contribution is 6.17. The van der Waals surface area contributed by atoms with Crippen LogP contribution >= 0.6 is 0 Å². The Balaban J connectivity index is 0.000000669. The summed E-state index contributed by atoms with van der Waals surface area (Å²) in [5.74, 6) is -3.95. The van der Waals surface area contributed by atoms with Crippen LogP contribution in [0.25, 0.3) is 0 Å². The van der Waals surface area contributed by atoms with Crippen LogP contribution in [0, 0.1) is 5.92 Å². The lowest BCUT2D eigenvalue weighted by molar-refractivity contribution is -0.162. The maximum absolute atomic E-state index is 11.9. The van der Waals surface area contributed by atoms with Crippen LogP contribution in [0.3, 0.4) is 0 Å². The summed E-state index contributed by atoms with van der Waals surface area (Å²) >= 11 is 0. The Morgan fingerprint density at radius 2 is 1.46 bits per heavy atom. The fraction of sp³-hybridized carbons (Fsp3) is 0.750. The van der Waals surface area contributed by atoms with Gasteiger partial charge in [0.2, 0.25) is 11.8 Å². The van der Waals surface area contributed by atoms with E-state index in [0.717, 1.165) is 0 Å². The van der Waals surface area contributed by atoms with Crippen molar-refractivity contribution < 1.29 is 43.0 Å². The van der Waals surface area contributed by atoms with Gasteiger partial charge in [-0.25, -0.2) is 0 Å². The number of likely N-dealkylation sites (tertiary alicyclic amines) is 1. The number of hydrogen-bond acceptors (Lipinski definition) is 9. The number of amides is 2. The lowest BCUT2D eigenvalue weighted by atomic mass is 9.94. The SMILES string of the molecule is CCOC(=O)C1C(=O)CCN(C(C)C)C1=O.CCOC(=O)CCN(C(=O)CC(=O)OCC)C(C)C. The lowest BCUT2D eigenvalue weighted by Gasteiger charge is -2.33. The smallest absolute Gasteiger partial charge is 0.326 e. The molecular formula is C24H40N2O9. The number of piperidine rings is 1. The van der Waals surface area contributed by atoms with E-state index in [1.165, 1.54) is 4.90 Å². The highest BCUT2D eigenvalue weighted by Crippen LogP contribution is 2.18. The fourth-order valence-electron chi connectivity index (χ4n) is 3.31. The minimum atomic E-state index is -1.24. The molecule has 0 radical (unpaired) electrons. The summed E-state index contributed by atoms with van der Waals surface area (Å²) < 4.78 is 14.3. The van der Waals surface area contributed by atoms with Crippen molar-refractivity contribution in [2.24, 2.45) is 5.92 Å². The molecule has 1 aliphatic rings. The summed E-state index contributed by atoms with van der Waals surface area (Å²) in [6.07, 6.45) is 0.0584. The first-order chi connectivity index (χ1) is 16.4. The molecule has 1 heterocycles. The minimum Gasteiger partial charge on any atom is -0.466 e. The summed E-state index contributed by atoms with van der Waals surface area (Å²) in [7, 11) is 0. The molecule has 1 rings (SSSR count). The highest BCUT2D eigenvalue weighted by atomic mass is 16.5. The van der Waals surface area contributed by atoms with Crippen LogP contribution in [0.4, 0.5) is 0 Å². The molecule has 1 unspecified atom stereocenters. The largest absolute Gasteiger partial charge is 0.466 e. The van der Waals surface area contributed by atoms with Crippen LogP contribution in [-0.2, 0) is 43.0 Å². The molecule has 0 bridgehead atoms. The van der Waals surface area contributed by atoms with Gasteiger partial charge in [0.1, 0.15) is 6.42 Å². The molecule has 11 nitrogen and oxygen atoms in total.